The average molecular weight is 340 g/mol. The van der Waals surface area contributed by atoms with Gasteiger partial charge in [0, 0.05) is 38.5 Å². The molecule has 0 atom stereocenters. The third-order valence-electron chi connectivity index (χ3n) is 3.79. The summed E-state index contributed by atoms with van der Waals surface area (Å²) < 4.78 is 45.2. The minimum Gasteiger partial charge on any atom is -0.381 e. The van der Waals surface area contributed by atoms with E-state index in [0.29, 0.717) is 12.8 Å². The normalized spacial score (nSPS) is 21.5. The maximum absolute atomic E-state index is 13.0. The summed E-state index contributed by atoms with van der Waals surface area (Å²) in [5.41, 5.74) is -1.00. The van der Waals surface area contributed by atoms with Crippen molar-refractivity contribution in [1.82, 2.24) is 14.7 Å². The fourth-order valence-corrected chi connectivity index (χ4v) is 2.71. The van der Waals surface area contributed by atoms with Crippen molar-refractivity contribution >= 4 is 17.5 Å². The molecule has 0 N–H and O–H groups in total. The molecule has 1 aromatic rings. The first kappa shape index (κ1) is 17.1. The van der Waals surface area contributed by atoms with E-state index in [9.17, 15) is 18.0 Å². The Hall–Kier alpha value is -1.28. The Balaban J connectivity index is 2.19. The van der Waals surface area contributed by atoms with E-state index in [-0.39, 0.29) is 30.1 Å². The highest BCUT2D eigenvalue weighted by atomic mass is 35.5. The molecule has 0 saturated heterocycles. The number of methoxy groups -OCH3 is 1. The Morgan fingerprint density at radius 3 is 2.68 bits per heavy atom. The number of aryl methyl sites for hydroxylation is 1. The Morgan fingerprint density at radius 1 is 1.55 bits per heavy atom. The average Bonchev–Trinajstić information content (AvgIpc) is 2.76. The quantitative estimate of drug-likeness (QED) is 0.773. The number of ether oxygens (including phenoxy) is 1. The first-order valence-electron chi connectivity index (χ1n) is 6.74. The Morgan fingerprint density at radius 2 is 2.18 bits per heavy atom. The molecule has 5 nitrogen and oxygen atoms in total. The first-order chi connectivity index (χ1) is 10.3. The van der Waals surface area contributed by atoms with Crippen molar-refractivity contribution in [3.05, 3.63) is 17.5 Å². The number of hydrogen-bond donors (Lipinski definition) is 0. The highest BCUT2D eigenvalue weighted by Crippen LogP contribution is 2.34. The van der Waals surface area contributed by atoms with E-state index in [1.54, 1.807) is 7.11 Å². The van der Waals surface area contributed by atoms with Gasteiger partial charge in [0.1, 0.15) is 5.88 Å². The van der Waals surface area contributed by atoms with Crippen LogP contribution in [0.3, 0.4) is 0 Å². The van der Waals surface area contributed by atoms with Crippen molar-refractivity contribution in [3.63, 3.8) is 0 Å². The third-order valence-corrected chi connectivity index (χ3v) is 4.02. The summed E-state index contributed by atoms with van der Waals surface area (Å²) >= 11 is 5.58. The fraction of sp³-hybridized carbons (Fsp3) is 0.692. The summed E-state index contributed by atoms with van der Waals surface area (Å²) in [4.78, 5) is 13.3. The maximum atomic E-state index is 13.0. The SMILES string of the molecule is COC1CC(N(Cc2cn(C)nc2C(F)(F)F)C(=O)CCl)C1. The van der Waals surface area contributed by atoms with Crippen LogP contribution in [0.5, 0.6) is 0 Å². The largest absolute Gasteiger partial charge is 0.435 e. The van der Waals surface area contributed by atoms with Crippen LogP contribution >= 0.6 is 11.6 Å². The van der Waals surface area contributed by atoms with Crippen LogP contribution in [0.2, 0.25) is 0 Å². The number of hydrogen-bond acceptors (Lipinski definition) is 3. The van der Waals surface area contributed by atoms with Gasteiger partial charge in [-0.3, -0.25) is 9.48 Å². The van der Waals surface area contributed by atoms with E-state index in [1.807, 2.05) is 0 Å². The molecular formula is C13H17ClF3N3O2. The summed E-state index contributed by atoms with van der Waals surface area (Å²) in [6, 6.07) is -0.155. The third kappa shape index (κ3) is 3.55. The molecule has 0 aliphatic heterocycles. The van der Waals surface area contributed by atoms with Gasteiger partial charge in [-0.25, -0.2) is 0 Å². The number of carbonyl (C=O) groups excluding carboxylic acids is 1. The van der Waals surface area contributed by atoms with Crippen molar-refractivity contribution in [1.29, 1.82) is 0 Å². The molecule has 1 amide bonds. The summed E-state index contributed by atoms with van der Waals surface area (Å²) in [6.07, 6.45) is -2.04. The number of halogens is 4. The molecule has 1 heterocycles. The van der Waals surface area contributed by atoms with E-state index in [4.69, 9.17) is 16.3 Å². The van der Waals surface area contributed by atoms with Crippen molar-refractivity contribution < 1.29 is 22.7 Å². The lowest BCUT2D eigenvalue weighted by molar-refractivity contribution is -0.144. The molecule has 22 heavy (non-hydrogen) atoms. The molecule has 1 fully saturated rings. The zero-order valence-electron chi connectivity index (χ0n) is 12.2. The second-order valence-corrected chi connectivity index (χ2v) is 5.58. The van der Waals surface area contributed by atoms with Gasteiger partial charge in [0.2, 0.25) is 5.91 Å². The predicted molar refractivity (Wildman–Crippen MR) is 73.3 cm³/mol. The molecule has 1 aromatic heterocycles. The van der Waals surface area contributed by atoms with Gasteiger partial charge < -0.3 is 9.64 Å². The molecular weight excluding hydrogens is 323 g/mol. The fourth-order valence-electron chi connectivity index (χ4n) is 2.56. The van der Waals surface area contributed by atoms with E-state index in [1.165, 1.54) is 18.1 Å². The number of rotatable bonds is 5. The Kier molecular flexibility index (Phi) is 5.01. The van der Waals surface area contributed by atoms with Crippen molar-refractivity contribution in [2.45, 2.75) is 37.7 Å². The van der Waals surface area contributed by atoms with Crippen molar-refractivity contribution in [2.75, 3.05) is 13.0 Å². The minimum atomic E-state index is -4.55. The molecule has 124 valence electrons. The van der Waals surface area contributed by atoms with Gasteiger partial charge in [-0.05, 0) is 12.8 Å². The monoisotopic (exact) mass is 339 g/mol. The van der Waals surface area contributed by atoms with Crippen LogP contribution in [0.4, 0.5) is 13.2 Å². The molecule has 2 rings (SSSR count). The highest BCUT2D eigenvalue weighted by molar-refractivity contribution is 6.27. The topological polar surface area (TPSA) is 47.4 Å². The minimum absolute atomic E-state index is 0.0330. The molecule has 0 unspecified atom stereocenters. The number of amides is 1. The van der Waals surface area contributed by atoms with Crippen LogP contribution in [0.25, 0.3) is 0 Å². The van der Waals surface area contributed by atoms with Crippen molar-refractivity contribution in [3.8, 4) is 0 Å². The van der Waals surface area contributed by atoms with Crippen LogP contribution < -0.4 is 0 Å². The predicted octanol–water partition coefficient (Wildman–Crippen LogP) is 2.18. The maximum Gasteiger partial charge on any atom is 0.435 e. The molecule has 1 saturated carbocycles. The molecule has 1 aliphatic rings. The summed E-state index contributed by atoms with van der Waals surface area (Å²) in [7, 11) is 2.98. The van der Waals surface area contributed by atoms with Crippen LogP contribution in [0.1, 0.15) is 24.1 Å². The van der Waals surface area contributed by atoms with E-state index < -0.39 is 17.8 Å². The number of carbonyl (C=O) groups is 1. The molecule has 0 aromatic carbocycles. The van der Waals surface area contributed by atoms with E-state index >= 15 is 0 Å². The molecule has 1 aliphatic carbocycles. The van der Waals surface area contributed by atoms with Crippen LogP contribution in [-0.4, -0.2) is 45.7 Å². The lowest BCUT2D eigenvalue weighted by atomic mass is 9.87. The van der Waals surface area contributed by atoms with Gasteiger partial charge in [0.05, 0.1) is 6.10 Å². The van der Waals surface area contributed by atoms with Gasteiger partial charge >= 0.3 is 6.18 Å². The number of aromatic nitrogens is 2. The number of alkyl halides is 4. The zero-order chi connectivity index (χ0) is 16.5. The van der Waals surface area contributed by atoms with Crippen molar-refractivity contribution in [2.24, 2.45) is 7.05 Å². The zero-order valence-corrected chi connectivity index (χ0v) is 13.0. The summed E-state index contributed by atoms with van der Waals surface area (Å²) in [6.45, 7) is -0.157. The summed E-state index contributed by atoms with van der Waals surface area (Å²) in [5.74, 6) is -0.659. The smallest absolute Gasteiger partial charge is 0.381 e. The van der Waals surface area contributed by atoms with E-state index in [0.717, 1.165) is 4.68 Å². The van der Waals surface area contributed by atoms with Gasteiger partial charge in [-0.1, -0.05) is 0 Å². The Bertz CT molecular complexity index is 541. The van der Waals surface area contributed by atoms with Crippen LogP contribution in [-0.2, 0) is 29.3 Å². The lowest BCUT2D eigenvalue weighted by Gasteiger charge is -2.42. The van der Waals surface area contributed by atoms with Gasteiger partial charge in [0.25, 0.3) is 0 Å². The van der Waals surface area contributed by atoms with E-state index in [2.05, 4.69) is 5.10 Å². The molecule has 0 spiro atoms. The molecule has 9 heteroatoms. The number of nitrogens with zero attached hydrogens (tertiary/aromatic N) is 3. The van der Waals surface area contributed by atoms with Crippen LogP contribution in [0, 0.1) is 0 Å². The Labute approximate surface area is 131 Å². The molecule has 0 radical (unpaired) electrons. The van der Waals surface area contributed by atoms with Crippen LogP contribution in [0.15, 0.2) is 6.20 Å². The standard InChI is InChI=1S/C13H17ClF3N3O2/c1-19-6-8(12(18-19)13(15,16)17)7-20(11(21)5-14)9-3-10(4-9)22-2/h6,9-10H,3-5,7H2,1-2H3. The van der Waals surface area contributed by atoms with Gasteiger partial charge in [0.15, 0.2) is 5.69 Å². The van der Waals surface area contributed by atoms with Gasteiger partial charge in [-0.2, -0.15) is 18.3 Å². The second kappa shape index (κ2) is 6.45. The second-order valence-electron chi connectivity index (χ2n) is 5.31. The lowest BCUT2D eigenvalue weighted by Crippen LogP contribution is -2.50. The first-order valence-corrected chi connectivity index (χ1v) is 7.27. The highest BCUT2D eigenvalue weighted by Gasteiger charge is 2.40. The summed E-state index contributed by atoms with van der Waals surface area (Å²) in [5, 5.41) is 3.45. The molecule has 0 bridgehead atoms. The van der Waals surface area contributed by atoms with Gasteiger partial charge in [-0.15, -0.1) is 11.6 Å².